The van der Waals surface area contributed by atoms with E-state index in [0.717, 1.165) is 30.8 Å². The molecule has 0 spiro atoms. The lowest BCUT2D eigenvalue weighted by Gasteiger charge is -2.15. The van der Waals surface area contributed by atoms with Crippen LogP contribution in [0, 0.1) is 0 Å². The van der Waals surface area contributed by atoms with Gasteiger partial charge in [0.2, 0.25) is 0 Å². The average Bonchev–Trinajstić information content (AvgIpc) is 2.55. The summed E-state index contributed by atoms with van der Waals surface area (Å²) in [4.78, 5) is 0. The third-order valence-electron chi connectivity index (χ3n) is 3.96. The van der Waals surface area contributed by atoms with Crippen LogP contribution < -0.4 is 14.8 Å². The first kappa shape index (κ1) is 17.2. The van der Waals surface area contributed by atoms with Gasteiger partial charge in [-0.3, -0.25) is 0 Å². The van der Waals surface area contributed by atoms with E-state index in [1.807, 2.05) is 19.1 Å². The molecule has 0 saturated carbocycles. The van der Waals surface area contributed by atoms with Crippen LogP contribution in [0.1, 0.15) is 44.6 Å². The Balaban J connectivity index is 1.88. The molecule has 0 aromatic heterocycles. The van der Waals surface area contributed by atoms with Gasteiger partial charge in [0.05, 0.1) is 13.7 Å². The monoisotopic (exact) mass is 323 g/mol. The predicted molar refractivity (Wildman–Crippen MR) is 92.0 cm³/mol. The molecule has 3 nitrogen and oxygen atoms in total. The highest BCUT2D eigenvalue weighted by molar-refractivity contribution is 6.31. The molecule has 0 unspecified atom stereocenters. The first-order valence-electron chi connectivity index (χ1n) is 8.12. The van der Waals surface area contributed by atoms with Gasteiger partial charge < -0.3 is 14.8 Å². The lowest BCUT2D eigenvalue weighted by molar-refractivity contribution is 0.310. The van der Waals surface area contributed by atoms with E-state index >= 15 is 0 Å². The Kier molecular flexibility index (Phi) is 7.07. The zero-order chi connectivity index (χ0) is 15.8. The normalized spacial score (nSPS) is 14.6. The molecule has 0 heterocycles. The number of halogens is 1. The standard InChI is InChI=1S/C18H26ClNO2/c1-3-22-18-11-15(16(19)12-17(18)21-2)13-20-10-9-14-7-5-4-6-8-14/h7,11-12,20H,3-6,8-10,13H2,1-2H3. The quantitative estimate of drug-likeness (QED) is 0.554. The molecule has 1 aromatic rings. The topological polar surface area (TPSA) is 30.5 Å². The molecule has 0 saturated heterocycles. The Morgan fingerprint density at radius 2 is 2.09 bits per heavy atom. The van der Waals surface area contributed by atoms with Crippen molar-refractivity contribution in [2.24, 2.45) is 0 Å². The van der Waals surface area contributed by atoms with Crippen molar-refractivity contribution in [2.75, 3.05) is 20.3 Å². The SMILES string of the molecule is CCOc1cc(CNCCC2=CCCCC2)c(Cl)cc1OC. The lowest BCUT2D eigenvalue weighted by Crippen LogP contribution is -2.16. The molecule has 0 radical (unpaired) electrons. The molecule has 0 bridgehead atoms. The molecule has 1 aliphatic rings. The summed E-state index contributed by atoms with van der Waals surface area (Å²) in [5.41, 5.74) is 2.64. The molecule has 22 heavy (non-hydrogen) atoms. The third kappa shape index (κ3) is 4.92. The molecule has 1 aliphatic carbocycles. The Bertz CT molecular complexity index is 514. The number of methoxy groups -OCH3 is 1. The van der Waals surface area contributed by atoms with Gasteiger partial charge in [0.1, 0.15) is 0 Å². The molecule has 0 fully saturated rings. The molecule has 1 aromatic carbocycles. The third-order valence-corrected chi connectivity index (χ3v) is 4.31. The fourth-order valence-electron chi connectivity index (χ4n) is 2.74. The van der Waals surface area contributed by atoms with Gasteiger partial charge in [-0.05, 0) is 57.2 Å². The Morgan fingerprint density at radius 3 is 2.77 bits per heavy atom. The minimum Gasteiger partial charge on any atom is -0.493 e. The van der Waals surface area contributed by atoms with E-state index in [9.17, 15) is 0 Å². The highest BCUT2D eigenvalue weighted by Crippen LogP contribution is 2.33. The number of nitrogens with one attached hydrogen (secondary N) is 1. The van der Waals surface area contributed by atoms with Crippen LogP contribution in [0.25, 0.3) is 0 Å². The van der Waals surface area contributed by atoms with Crippen molar-refractivity contribution in [3.05, 3.63) is 34.4 Å². The van der Waals surface area contributed by atoms with Gasteiger partial charge in [0.25, 0.3) is 0 Å². The van der Waals surface area contributed by atoms with Crippen LogP contribution in [0.3, 0.4) is 0 Å². The Hall–Kier alpha value is -1.19. The van der Waals surface area contributed by atoms with E-state index in [4.69, 9.17) is 21.1 Å². The maximum absolute atomic E-state index is 6.32. The minimum absolute atomic E-state index is 0.610. The summed E-state index contributed by atoms with van der Waals surface area (Å²) in [5.74, 6) is 1.43. The second-order valence-electron chi connectivity index (χ2n) is 5.56. The molecule has 0 amide bonds. The molecule has 122 valence electrons. The Morgan fingerprint density at radius 1 is 1.23 bits per heavy atom. The number of allylic oxidation sites excluding steroid dienone is 1. The lowest BCUT2D eigenvalue weighted by atomic mass is 9.97. The van der Waals surface area contributed by atoms with Crippen LogP contribution in [0.15, 0.2) is 23.8 Å². The summed E-state index contributed by atoms with van der Waals surface area (Å²) in [6.07, 6.45) is 8.73. The molecular formula is C18H26ClNO2. The summed E-state index contributed by atoms with van der Waals surface area (Å²) < 4.78 is 10.9. The molecule has 0 aliphatic heterocycles. The van der Waals surface area contributed by atoms with E-state index < -0.39 is 0 Å². The largest absolute Gasteiger partial charge is 0.493 e. The first-order chi connectivity index (χ1) is 10.7. The maximum Gasteiger partial charge on any atom is 0.162 e. The van der Waals surface area contributed by atoms with Gasteiger partial charge in [-0.25, -0.2) is 0 Å². The van der Waals surface area contributed by atoms with Gasteiger partial charge in [0, 0.05) is 17.6 Å². The summed E-state index contributed by atoms with van der Waals surface area (Å²) in [6, 6.07) is 3.80. The Labute approximate surface area is 138 Å². The number of rotatable bonds is 8. The van der Waals surface area contributed by atoms with Gasteiger partial charge in [-0.2, -0.15) is 0 Å². The molecule has 4 heteroatoms. The van der Waals surface area contributed by atoms with Crippen molar-refractivity contribution in [1.82, 2.24) is 5.32 Å². The molecule has 1 N–H and O–H groups in total. The van der Waals surface area contributed by atoms with Gasteiger partial charge in [0.15, 0.2) is 11.5 Å². The molecule has 2 rings (SSSR count). The minimum atomic E-state index is 0.610. The fourth-order valence-corrected chi connectivity index (χ4v) is 2.96. The smallest absolute Gasteiger partial charge is 0.162 e. The predicted octanol–water partition coefficient (Wildman–Crippen LogP) is 4.73. The van der Waals surface area contributed by atoms with Gasteiger partial charge in [-0.15, -0.1) is 0 Å². The van der Waals surface area contributed by atoms with Crippen LogP contribution in [-0.2, 0) is 6.54 Å². The second kappa shape index (κ2) is 9.06. The molecule has 0 atom stereocenters. The van der Waals surface area contributed by atoms with Crippen LogP contribution in [0.2, 0.25) is 5.02 Å². The highest BCUT2D eigenvalue weighted by Gasteiger charge is 2.10. The van der Waals surface area contributed by atoms with Crippen molar-refractivity contribution in [3.63, 3.8) is 0 Å². The van der Waals surface area contributed by atoms with Crippen LogP contribution in [0.4, 0.5) is 0 Å². The maximum atomic E-state index is 6.32. The van der Waals surface area contributed by atoms with Crippen molar-refractivity contribution >= 4 is 11.6 Å². The van der Waals surface area contributed by atoms with Crippen molar-refractivity contribution in [1.29, 1.82) is 0 Å². The second-order valence-corrected chi connectivity index (χ2v) is 5.97. The highest BCUT2D eigenvalue weighted by atomic mass is 35.5. The number of benzene rings is 1. The van der Waals surface area contributed by atoms with E-state index in [1.54, 1.807) is 12.7 Å². The zero-order valence-corrected chi connectivity index (χ0v) is 14.3. The summed E-state index contributed by atoms with van der Waals surface area (Å²) in [7, 11) is 1.63. The summed E-state index contributed by atoms with van der Waals surface area (Å²) in [5, 5.41) is 4.19. The fraction of sp³-hybridized carbons (Fsp3) is 0.556. The summed E-state index contributed by atoms with van der Waals surface area (Å²) >= 11 is 6.32. The van der Waals surface area contributed by atoms with E-state index in [2.05, 4.69) is 11.4 Å². The number of hydrogen-bond acceptors (Lipinski definition) is 3. The van der Waals surface area contributed by atoms with Crippen molar-refractivity contribution in [2.45, 2.75) is 45.6 Å². The first-order valence-corrected chi connectivity index (χ1v) is 8.50. The zero-order valence-electron chi connectivity index (χ0n) is 13.6. The van der Waals surface area contributed by atoms with E-state index in [0.29, 0.717) is 17.4 Å². The van der Waals surface area contributed by atoms with Crippen molar-refractivity contribution in [3.8, 4) is 11.5 Å². The van der Waals surface area contributed by atoms with Crippen LogP contribution in [-0.4, -0.2) is 20.3 Å². The van der Waals surface area contributed by atoms with Gasteiger partial charge in [-0.1, -0.05) is 23.3 Å². The average molecular weight is 324 g/mol. The number of ether oxygens (including phenoxy) is 2. The van der Waals surface area contributed by atoms with E-state index in [-0.39, 0.29) is 0 Å². The number of hydrogen-bond donors (Lipinski definition) is 1. The van der Waals surface area contributed by atoms with Crippen LogP contribution in [0.5, 0.6) is 11.5 Å². The van der Waals surface area contributed by atoms with Gasteiger partial charge >= 0.3 is 0 Å². The van der Waals surface area contributed by atoms with Crippen molar-refractivity contribution < 1.29 is 9.47 Å². The summed E-state index contributed by atoms with van der Waals surface area (Å²) in [6.45, 7) is 4.30. The van der Waals surface area contributed by atoms with E-state index in [1.165, 1.54) is 25.7 Å². The molecular weight excluding hydrogens is 298 g/mol. The van der Waals surface area contributed by atoms with Crippen LogP contribution >= 0.6 is 11.6 Å².